The lowest BCUT2D eigenvalue weighted by atomic mass is 9.84. The number of nitrogens with zero attached hydrogens (tertiary/aromatic N) is 7. The summed E-state index contributed by atoms with van der Waals surface area (Å²) in [7, 11) is 3.67. The Balaban J connectivity index is 1.03. The van der Waals surface area contributed by atoms with Gasteiger partial charge in [-0.05, 0) is 107 Å². The number of likely N-dealkylation sites (tertiary alicyclic amines) is 2. The normalized spacial score (nSPS) is 25.8. The Morgan fingerprint density at radius 1 is 1.03 bits per heavy atom. The van der Waals surface area contributed by atoms with Crippen LogP contribution in [-0.4, -0.2) is 160 Å². The highest BCUT2D eigenvalue weighted by Crippen LogP contribution is 2.43. The number of methoxy groups -OCH3 is 1. The second-order valence-electron chi connectivity index (χ2n) is 22.1. The lowest BCUT2D eigenvalue weighted by Crippen LogP contribution is -2.67. The number of cyclic esters (lactones) is 1. The summed E-state index contributed by atoms with van der Waals surface area (Å²) in [5, 5.41) is 17.4. The molecule has 17 nitrogen and oxygen atoms in total. The smallest absolute Gasteiger partial charge is 0.355 e. The largest absolute Gasteiger partial charge is 0.462 e. The predicted octanol–water partition coefficient (Wildman–Crippen LogP) is 4.74. The summed E-state index contributed by atoms with van der Waals surface area (Å²) < 4.78 is 19.7. The zero-order chi connectivity index (χ0) is 51.8. The maximum Gasteiger partial charge on any atom is 0.355 e. The van der Waals surface area contributed by atoms with E-state index in [4.69, 9.17) is 24.2 Å². The van der Waals surface area contributed by atoms with Crippen molar-refractivity contribution in [3.05, 3.63) is 71.7 Å². The quantitative estimate of drug-likeness (QED) is 0.163. The van der Waals surface area contributed by atoms with Gasteiger partial charge in [0.05, 0.1) is 55.1 Å². The Hall–Kier alpha value is -5.74. The Kier molecular flexibility index (Phi) is 15.2. The first-order chi connectivity index (χ1) is 34.9. The molecule has 0 saturated carbocycles. The maximum absolute atomic E-state index is 14.9. The van der Waals surface area contributed by atoms with Gasteiger partial charge in [0.2, 0.25) is 11.6 Å². The zero-order valence-electron chi connectivity index (χ0n) is 43.8. The number of benzene rings is 1. The van der Waals surface area contributed by atoms with Crippen LogP contribution in [0.5, 0.6) is 0 Å². The molecule has 5 aliphatic heterocycles. The van der Waals surface area contributed by atoms with Crippen molar-refractivity contribution in [3.8, 4) is 34.4 Å². The molecular weight excluding hydrogens is 927 g/mol. The van der Waals surface area contributed by atoms with E-state index in [1.807, 2.05) is 70.8 Å². The van der Waals surface area contributed by atoms with Gasteiger partial charge in [-0.1, -0.05) is 45.7 Å². The summed E-state index contributed by atoms with van der Waals surface area (Å²) in [6.45, 7) is 17.4. The summed E-state index contributed by atoms with van der Waals surface area (Å²) in [5.41, 5.74) is 6.82. The number of nitrogens with one attached hydrogen (secondary N) is 2. The number of aromatic nitrogens is 3. The van der Waals surface area contributed by atoms with Crippen molar-refractivity contribution >= 4 is 34.6 Å². The van der Waals surface area contributed by atoms with Crippen LogP contribution in [-0.2, 0) is 52.8 Å². The predicted molar refractivity (Wildman–Crippen MR) is 276 cm³/mol. The molecule has 0 aliphatic carbocycles. The molecule has 0 unspecified atom stereocenters. The molecular formula is C56H73N9O8. The minimum atomic E-state index is -2.20. The Labute approximate surface area is 429 Å². The van der Waals surface area contributed by atoms with Crippen molar-refractivity contribution in [1.29, 1.82) is 0 Å². The number of rotatable bonds is 8. The summed E-state index contributed by atoms with van der Waals surface area (Å²) in [5.74, 6) is 3.99. The monoisotopic (exact) mass is 1000 g/mol. The van der Waals surface area contributed by atoms with Crippen LogP contribution in [0.25, 0.3) is 33.4 Å². The summed E-state index contributed by atoms with van der Waals surface area (Å²) in [6.07, 6.45) is 3.98. The third-order valence-corrected chi connectivity index (χ3v) is 15.8. The Morgan fingerprint density at radius 2 is 1.84 bits per heavy atom. The average Bonchev–Trinajstić information content (AvgIpc) is 4.08. The fourth-order valence-electron chi connectivity index (χ4n) is 11.7. The number of esters is 1. The van der Waals surface area contributed by atoms with Crippen molar-refractivity contribution < 1.29 is 38.5 Å². The van der Waals surface area contributed by atoms with Gasteiger partial charge in [-0.2, -0.15) is 5.43 Å². The van der Waals surface area contributed by atoms with E-state index < -0.39 is 35.1 Å². The molecule has 1 spiro atoms. The molecule has 0 radical (unpaired) electrons. The van der Waals surface area contributed by atoms with Crippen LogP contribution >= 0.6 is 0 Å². The summed E-state index contributed by atoms with van der Waals surface area (Å²) >= 11 is 0. The molecule has 9 rings (SSSR count). The minimum absolute atomic E-state index is 0.0175. The number of carbonyl (C=O) groups excluding carboxylic acids is 4. The number of amides is 3. The molecule has 4 saturated heterocycles. The van der Waals surface area contributed by atoms with Crippen LogP contribution in [0.2, 0.25) is 0 Å². The van der Waals surface area contributed by atoms with E-state index in [1.54, 1.807) is 13.3 Å². The van der Waals surface area contributed by atoms with Gasteiger partial charge in [0, 0.05) is 104 Å². The second kappa shape index (κ2) is 21.2. The van der Waals surface area contributed by atoms with Gasteiger partial charge >= 0.3 is 5.97 Å². The summed E-state index contributed by atoms with van der Waals surface area (Å²) in [4.78, 5) is 73.3. The van der Waals surface area contributed by atoms with E-state index in [2.05, 4.69) is 68.1 Å². The number of ether oxygens (including phenoxy) is 3. The van der Waals surface area contributed by atoms with E-state index >= 15 is 0 Å². The van der Waals surface area contributed by atoms with Gasteiger partial charge in [-0.25, -0.2) is 4.79 Å². The average molecular weight is 1000 g/mol. The molecule has 17 heteroatoms. The number of hydrogen-bond acceptors (Lipinski definition) is 13. The fourth-order valence-corrected chi connectivity index (χ4v) is 11.7. The highest BCUT2D eigenvalue weighted by molar-refractivity contribution is 5.96. The number of pyridine rings is 2. The van der Waals surface area contributed by atoms with Crippen LogP contribution in [0.15, 0.2) is 54.7 Å². The van der Waals surface area contributed by atoms with Gasteiger partial charge in [-0.15, -0.1) is 0 Å². The number of aliphatic hydroxyl groups is 1. The first-order valence-corrected chi connectivity index (χ1v) is 26.1. The minimum Gasteiger partial charge on any atom is -0.462 e. The number of aryl methyl sites for hydroxylation is 1. The van der Waals surface area contributed by atoms with Crippen LogP contribution in [0.3, 0.4) is 0 Å². The highest BCUT2D eigenvalue weighted by atomic mass is 16.6. The van der Waals surface area contributed by atoms with Crippen molar-refractivity contribution in [3.63, 3.8) is 0 Å². The van der Waals surface area contributed by atoms with Crippen LogP contribution in [0.1, 0.15) is 90.3 Å². The molecule has 390 valence electrons. The van der Waals surface area contributed by atoms with Gasteiger partial charge in [0.25, 0.3) is 11.8 Å². The standard InChI is InChI=1S/C56H73N9O8/c1-9-64-46-18-16-38-29-42(46)43(50(64)41-14-11-23-57-48(41)37(4)71-8)31-54(5,6)35-73-53(69)56(70)20-12-24-65(60-56)52(68)45(30-39-13-10-15-44(38)58-39)59-51(67)49(36(2)3)63-26-22-55(34-63)21-25-62(33-55)47(66)19-17-40-32-72-28-27-61(40)7/h10-11,13-16,18,23,29,36-37,40,45,49,60,70H,9,12,20-22,24-28,30-35H2,1-8H3,(H,59,67)/t37-,40+,45-,49-,55+,56-/m0/s1. The number of carbonyl (C=O) groups is 4. The molecule has 4 fully saturated rings. The SMILES string of the molecule is CCn1c(-c2cccnc2[C@H](C)OC)c2c3cc(ccc31)-c1cccc(n1)C[C@H](NC(=O)[C@H](C(C)C)N1CC[C@@]3(CCN(C(=O)C#C[C@@H]4COCCN4C)C3)C1)C(=O)N1CCC[C@@](O)(N1)C(=O)OCC(C)(C)C2. The molecule has 4 aromatic rings. The first-order valence-electron chi connectivity index (χ1n) is 26.1. The van der Waals surface area contributed by atoms with Gasteiger partial charge in [0.15, 0.2) is 0 Å². The maximum atomic E-state index is 14.9. The lowest BCUT2D eigenvalue weighted by Gasteiger charge is -2.40. The number of likely N-dealkylation sites (N-methyl/N-ethyl adjacent to an activating group) is 1. The van der Waals surface area contributed by atoms with E-state index in [9.17, 15) is 24.3 Å². The lowest BCUT2D eigenvalue weighted by molar-refractivity contribution is -0.189. The van der Waals surface area contributed by atoms with Gasteiger partial charge < -0.3 is 34.1 Å². The molecule has 3 amide bonds. The second-order valence-corrected chi connectivity index (χ2v) is 22.1. The Morgan fingerprint density at radius 3 is 2.60 bits per heavy atom. The topological polar surface area (TPSA) is 184 Å². The number of morpholine rings is 1. The third kappa shape index (κ3) is 10.8. The number of fused-ring (bicyclic) bond motifs is 6. The van der Waals surface area contributed by atoms with Crippen molar-refractivity contribution in [1.82, 2.24) is 45.0 Å². The highest BCUT2D eigenvalue weighted by Gasteiger charge is 2.49. The first kappa shape index (κ1) is 52.1. The zero-order valence-corrected chi connectivity index (χ0v) is 43.8. The van der Waals surface area contributed by atoms with E-state index in [0.717, 1.165) is 58.4 Å². The fraction of sp³-hybridized carbons (Fsp3) is 0.571. The molecule has 6 bridgehead atoms. The molecule has 3 N–H and O–H groups in total. The molecule has 1 aromatic carbocycles. The van der Waals surface area contributed by atoms with Crippen LogP contribution in [0, 0.1) is 28.6 Å². The van der Waals surface area contributed by atoms with Crippen molar-refractivity contribution in [2.24, 2.45) is 16.7 Å². The molecule has 6 atom stereocenters. The van der Waals surface area contributed by atoms with Gasteiger partial charge in [0.1, 0.15) is 6.04 Å². The third-order valence-electron chi connectivity index (χ3n) is 15.8. The van der Waals surface area contributed by atoms with Crippen LogP contribution < -0.4 is 10.7 Å². The van der Waals surface area contributed by atoms with E-state index in [-0.39, 0.29) is 61.3 Å². The molecule has 5 aliphatic rings. The van der Waals surface area contributed by atoms with Gasteiger partial charge in [-0.3, -0.25) is 39.2 Å². The summed E-state index contributed by atoms with van der Waals surface area (Å²) in [6, 6.07) is 14.3. The molecule has 3 aromatic heterocycles. The van der Waals surface area contributed by atoms with Crippen molar-refractivity contribution in [2.75, 3.05) is 73.2 Å². The molecule has 73 heavy (non-hydrogen) atoms. The van der Waals surface area contributed by atoms with Crippen LogP contribution in [0.4, 0.5) is 0 Å². The van der Waals surface area contributed by atoms with Crippen molar-refractivity contribution in [2.45, 2.75) is 117 Å². The number of hydrogen-bond donors (Lipinski definition) is 3. The van der Waals surface area contributed by atoms with E-state index in [1.165, 1.54) is 5.01 Å². The van der Waals surface area contributed by atoms with E-state index in [0.29, 0.717) is 70.2 Å². The number of hydrazine groups is 1. The molecule has 8 heterocycles. The Bertz CT molecular complexity index is 2800.